The van der Waals surface area contributed by atoms with Gasteiger partial charge in [0.2, 0.25) is 0 Å². The second-order valence-corrected chi connectivity index (χ2v) is 5.12. The Labute approximate surface area is 83.7 Å². The van der Waals surface area contributed by atoms with E-state index in [1.54, 1.807) is 0 Å². The van der Waals surface area contributed by atoms with Crippen LogP contribution in [0.3, 0.4) is 0 Å². The van der Waals surface area contributed by atoms with Crippen molar-refractivity contribution >= 4 is 0 Å². The molecular weight excluding hydrogens is 156 g/mol. The number of rotatable bonds is 5. The Morgan fingerprint density at radius 1 is 1.38 bits per heavy atom. The standard InChI is InChI=1S/C13H24/c1-7-12(4)8-9-13(5,6)10-11(2)3/h7-8,11H,1,9-10H2,2-6H3. The van der Waals surface area contributed by atoms with Gasteiger partial charge in [-0.15, -0.1) is 0 Å². The third kappa shape index (κ3) is 6.62. The molecule has 0 saturated carbocycles. The quantitative estimate of drug-likeness (QED) is 0.543. The van der Waals surface area contributed by atoms with Crippen LogP contribution in [-0.4, -0.2) is 0 Å². The molecular formula is C13H24. The molecule has 0 aromatic carbocycles. The van der Waals surface area contributed by atoms with E-state index >= 15 is 0 Å². The molecule has 0 aliphatic rings. The lowest BCUT2D eigenvalue weighted by Gasteiger charge is -2.25. The molecule has 0 atom stereocenters. The molecule has 0 amide bonds. The summed E-state index contributed by atoms with van der Waals surface area (Å²) in [6, 6.07) is 0. The molecule has 0 bridgehead atoms. The molecule has 0 N–H and O–H groups in total. The summed E-state index contributed by atoms with van der Waals surface area (Å²) in [5.74, 6) is 0.785. The van der Waals surface area contributed by atoms with Crippen molar-refractivity contribution in [3.63, 3.8) is 0 Å². The summed E-state index contributed by atoms with van der Waals surface area (Å²) in [5, 5.41) is 0. The highest BCUT2D eigenvalue weighted by Crippen LogP contribution is 2.29. The maximum Gasteiger partial charge on any atom is -0.0293 e. The maximum absolute atomic E-state index is 3.75. The van der Waals surface area contributed by atoms with Gasteiger partial charge < -0.3 is 0 Å². The zero-order valence-electron chi connectivity index (χ0n) is 9.85. The molecule has 0 saturated heterocycles. The van der Waals surface area contributed by atoms with E-state index in [0.717, 1.165) is 12.3 Å². The van der Waals surface area contributed by atoms with E-state index in [-0.39, 0.29) is 0 Å². The lowest BCUT2D eigenvalue weighted by molar-refractivity contribution is 0.290. The lowest BCUT2D eigenvalue weighted by atomic mass is 9.81. The lowest BCUT2D eigenvalue weighted by Crippen LogP contribution is -2.13. The Morgan fingerprint density at radius 3 is 2.31 bits per heavy atom. The van der Waals surface area contributed by atoms with E-state index in [1.807, 2.05) is 6.08 Å². The van der Waals surface area contributed by atoms with Gasteiger partial charge in [-0.2, -0.15) is 0 Å². The van der Waals surface area contributed by atoms with Crippen LogP contribution in [0.5, 0.6) is 0 Å². The topological polar surface area (TPSA) is 0 Å². The third-order valence-electron chi connectivity index (χ3n) is 2.26. The second-order valence-electron chi connectivity index (χ2n) is 5.12. The van der Waals surface area contributed by atoms with E-state index in [9.17, 15) is 0 Å². The predicted octanol–water partition coefficient (Wildman–Crippen LogP) is 4.58. The highest BCUT2D eigenvalue weighted by atomic mass is 14.2. The van der Waals surface area contributed by atoms with Crippen LogP contribution in [0.4, 0.5) is 0 Å². The molecule has 0 aliphatic carbocycles. The molecule has 0 rings (SSSR count). The fourth-order valence-corrected chi connectivity index (χ4v) is 1.71. The summed E-state index contributed by atoms with van der Waals surface area (Å²) in [6.07, 6.45) is 6.65. The molecule has 0 heterocycles. The average Bonchev–Trinajstić information content (AvgIpc) is 1.98. The predicted molar refractivity (Wildman–Crippen MR) is 61.8 cm³/mol. The smallest absolute Gasteiger partial charge is 0.0293 e. The van der Waals surface area contributed by atoms with Crippen LogP contribution in [0.1, 0.15) is 47.5 Å². The number of allylic oxidation sites excluding steroid dienone is 3. The van der Waals surface area contributed by atoms with Crippen LogP contribution < -0.4 is 0 Å². The van der Waals surface area contributed by atoms with E-state index in [4.69, 9.17) is 0 Å². The van der Waals surface area contributed by atoms with E-state index < -0.39 is 0 Å². The Hall–Kier alpha value is -0.520. The first kappa shape index (κ1) is 12.5. The first-order valence-electron chi connectivity index (χ1n) is 5.16. The van der Waals surface area contributed by atoms with Crippen molar-refractivity contribution < 1.29 is 0 Å². The fourth-order valence-electron chi connectivity index (χ4n) is 1.71. The minimum Gasteiger partial charge on any atom is -0.0988 e. The third-order valence-corrected chi connectivity index (χ3v) is 2.26. The Bertz CT molecular complexity index is 182. The van der Waals surface area contributed by atoms with Crippen molar-refractivity contribution in [1.29, 1.82) is 0 Å². The number of hydrogen-bond acceptors (Lipinski definition) is 0. The molecule has 76 valence electrons. The summed E-state index contributed by atoms with van der Waals surface area (Å²) >= 11 is 0. The van der Waals surface area contributed by atoms with E-state index in [1.165, 1.54) is 12.0 Å². The largest absolute Gasteiger partial charge is 0.0988 e. The highest BCUT2D eigenvalue weighted by Gasteiger charge is 2.17. The summed E-state index contributed by atoms with van der Waals surface area (Å²) in [4.78, 5) is 0. The summed E-state index contributed by atoms with van der Waals surface area (Å²) in [7, 11) is 0. The zero-order chi connectivity index (χ0) is 10.5. The van der Waals surface area contributed by atoms with Crippen LogP contribution in [0, 0.1) is 11.3 Å². The van der Waals surface area contributed by atoms with Gasteiger partial charge in [0.05, 0.1) is 0 Å². The Kier molecular flexibility index (Phi) is 5.05. The minimum absolute atomic E-state index is 0.429. The van der Waals surface area contributed by atoms with Gasteiger partial charge in [-0.25, -0.2) is 0 Å². The van der Waals surface area contributed by atoms with Gasteiger partial charge in [0.1, 0.15) is 0 Å². The Balaban J connectivity index is 4.09. The summed E-state index contributed by atoms with van der Waals surface area (Å²) in [5.41, 5.74) is 1.72. The fraction of sp³-hybridized carbons (Fsp3) is 0.692. The second kappa shape index (κ2) is 5.26. The maximum atomic E-state index is 3.75. The van der Waals surface area contributed by atoms with Crippen LogP contribution in [0.2, 0.25) is 0 Å². The van der Waals surface area contributed by atoms with E-state index in [0.29, 0.717) is 5.41 Å². The molecule has 0 unspecified atom stereocenters. The molecule has 0 aromatic rings. The molecule has 0 nitrogen and oxygen atoms in total. The van der Waals surface area contributed by atoms with Gasteiger partial charge in [0.15, 0.2) is 0 Å². The normalized spacial score (nSPS) is 13.5. The van der Waals surface area contributed by atoms with E-state index in [2.05, 4.69) is 47.3 Å². The van der Waals surface area contributed by atoms with Crippen LogP contribution in [0.15, 0.2) is 24.3 Å². The number of hydrogen-bond donors (Lipinski definition) is 0. The minimum atomic E-state index is 0.429. The van der Waals surface area contributed by atoms with Gasteiger partial charge in [-0.1, -0.05) is 52.0 Å². The van der Waals surface area contributed by atoms with Crippen molar-refractivity contribution in [2.24, 2.45) is 11.3 Å². The SMILES string of the molecule is C=CC(C)=CCC(C)(C)CC(C)C. The van der Waals surface area contributed by atoms with Gasteiger partial charge in [-0.05, 0) is 31.1 Å². The van der Waals surface area contributed by atoms with Gasteiger partial charge in [-0.3, -0.25) is 0 Å². The van der Waals surface area contributed by atoms with Crippen LogP contribution in [0.25, 0.3) is 0 Å². The average molecular weight is 180 g/mol. The molecule has 0 radical (unpaired) electrons. The molecule has 0 fully saturated rings. The molecule has 13 heavy (non-hydrogen) atoms. The highest BCUT2D eigenvalue weighted by molar-refractivity contribution is 5.13. The molecule has 0 spiro atoms. The van der Waals surface area contributed by atoms with Gasteiger partial charge in [0, 0.05) is 0 Å². The monoisotopic (exact) mass is 180 g/mol. The summed E-state index contributed by atoms with van der Waals surface area (Å²) < 4.78 is 0. The van der Waals surface area contributed by atoms with Crippen molar-refractivity contribution in [2.45, 2.75) is 47.5 Å². The molecule has 0 aromatic heterocycles. The van der Waals surface area contributed by atoms with Crippen molar-refractivity contribution in [3.05, 3.63) is 24.3 Å². The van der Waals surface area contributed by atoms with Crippen molar-refractivity contribution in [3.8, 4) is 0 Å². The van der Waals surface area contributed by atoms with Gasteiger partial charge >= 0.3 is 0 Å². The van der Waals surface area contributed by atoms with Crippen molar-refractivity contribution in [1.82, 2.24) is 0 Å². The van der Waals surface area contributed by atoms with Crippen LogP contribution >= 0.6 is 0 Å². The van der Waals surface area contributed by atoms with Crippen LogP contribution in [-0.2, 0) is 0 Å². The molecule has 0 aliphatic heterocycles. The first-order valence-corrected chi connectivity index (χ1v) is 5.16. The molecule has 0 heteroatoms. The zero-order valence-corrected chi connectivity index (χ0v) is 9.85. The summed E-state index contributed by atoms with van der Waals surface area (Å²) in [6.45, 7) is 15.1. The Morgan fingerprint density at radius 2 is 1.92 bits per heavy atom. The van der Waals surface area contributed by atoms with Crippen molar-refractivity contribution in [2.75, 3.05) is 0 Å². The van der Waals surface area contributed by atoms with Gasteiger partial charge in [0.25, 0.3) is 0 Å². The first-order chi connectivity index (χ1) is 5.87.